The summed E-state index contributed by atoms with van der Waals surface area (Å²) >= 11 is 6.59. The fraction of sp³-hybridized carbons (Fsp3) is 0.370. The second kappa shape index (κ2) is 8.34. The minimum absolute atomic E-state index is 0.268. The lowest BCUT2D eigenvalue weighted by Crippen LogP contribution is -2.25. The van der Waals surface area contributed by atoms with Crippen molar-refractivity contribution in [3.8, 4) is 22.4 Å². The van der Waals surface area contributed by atoms with Crippen molar-refractivity contribution in [2.75, 3.05) is 11.7 Å². The Balaban J connectivity index is 1.20. The summed E-state index contributed by atoms with van der Waals surface area (Å²) in [6.07, 6.45) is 5.50. The molecule has 1 aromatic heterocycles. The molecule has 0 saturated heterocycles. The molecular weight excluding hydrogens is 452 g/mol. The molecule has 5 unspecified atom stereocenters. The molecule has 2 saturated carbocycles. The number of hydrogen-bond acceptors (Lipinski definition) is 3. The van der Waals surface area contributed by atoms with Crippen LogP contribution < -0.4 is 10.2 Å². The first-order chi connectivity index (χ1) is 16.0. The van der Waals surface area contributed by atoms with Crippen LogP contribution in [0.1, 0.15) is 32.6 Å². The summed E-state index contributed by atoms with van der Waals surface area (Å²) in [7, 11) is -0.332. The third-order valence-corrected chi connectivity index (χ3v) is 10.4. The van der Waals surface area contributed by atoms with E-state index in [2.05, 4.69) is 23.8 Å². The maximum absolute atomic E-state index is 14.9. The Morgan fingerprint density at radius 1 is 1.00 bits per heavy atom. The number of benzene rings is 2. The molecule has 2 aromatic carbocycles. The number of hydrazine groups is 1. The van der Waals surface area contributed by atoms with E-state index in [9.17, 15) is 4.39 Å². The zero-order chi connectivity index (χ0) is 22.7. The first kappa shape index (κ1) is 21.5. The molecule has 6 rings (SSSR count). The third kappa shape index (κ3) is 3.77. The van der Waals surface area contributed by atoms with Gasteiger partial charge in [-0.2, -0.15) is 0 Å². The molecule has 0 radical (unpaired) electrons. The highest BCUT2D eigenvalue weighted by atomic mass is 35.5. The van der Waals surface area contributed by atoms with Gasteiger partial charge in [-0.05, 0) is 75.1 Å². The number of nitrogens with one attached hydrogen (secondary N) is 1. The van der Waals surface area contributed by atoms with Crippen molar-refractivity contribution in [1.29, 1.82) is 0 Å². The van der Waals surface area contributed by atoms with Crippen LogP contribution in [-0.2, 0) is 0 Å². The number of anilines is 2. The summed E-state index contributed by atoms with van der Waals surface area (Å²) in [5.41, 5.74) is 4.58. The lowest BCUT2D eigenvalue weighted by Gasteiger charge is -2.27. The highest BCUT2D eigenvalue weighted by molar-refractivity contribution is 7.55. The summed E-state index contributed by atoms with van der Waals surface area (Å²) in [6.45, 7) is 4.80. The van der Waals surface area contributed by atoms with Crippen LogP contribution in [0.15, 0.2) is 54.6 Å². The van der Waals surface area contributed by atoms with E-state index in [0.29, 0.717) is 21.8 Å². The van der Waals surface area contributed by atoms with E-state index in [4.69, 9.17) is 16.6 Å². The summed E-state index contributed by atoms with van der Waals surface area (Å²) < 4.78 is 14.9. The molecule has 6 heteroatoms. The Hall–Kier alpha value is -2.00. The summed E-state index contributed by atoms with van der Waals surface area (Å²) in [6, 6.07) is 16.8. The van der Waals surface area contributed by atoms with Crippen molar-refractivity contribution in [2.24, 2.45) is 17.8 Å². The maximum atomic E-state index is 14.9. The molecule has 0 spiro atoms. The predicted molar refractivity (Wildman–Crippen MR) is 137 cm³/mol. The maximum Gasteiger partial charge on any atom is 0.174 e. The van der Waals surface area contributed by atoms with Crippen LogP contribution in [-0.4, -0.2) is 17.3 Å². The average molecular weight is 480 g/mol. The SMILES string of the molecule is CC1CCC2C1CCC2P(C)NN1c2cc(Cl)c(-c3ccc(-c4ccccc4)c(F)c3)nc21. The molecule has 170 valence electrons. The van der Waals surface area contributed by atoms with E-state index in [1.807, 2.05) is 48.5 Å². The Kier molecular flexibility index (Phi) is 5.44. The zero-order valence-corrected chi connectivity index (χ0v) is 20.6. The first-order valence-corrected chi connectivity index (χ1v) is 14.1. The van der Waals surface area contributed by atoms with Crippen molar-refractivity contribution in [3.05, 3.63) is 65.4 Å². The van der Waals surface area contributed by atoms with E-state index < -0.39 is 0 Å². The van der Waals surface area contributed by atoms with Gasteiger partial charge in [0.2, 0.25) is 0 Å². The van der Waals surface area contributed by atoms with Gasteiger partial charge in [-0.3, -0.25) is 5.01 Å². The Morgan fingerprint density at radius 2 is 1.79 bits per heavy atom. The van der Waals surface area contributed by atoms with Gasteiger partial charge in [0.25, 0.3) is 0 Å². The monoisotopic (exact) mass is 479 g/mol. The Morgan fingerprint density at radius 3 is 2.58 bits per heavy atom. The molecule has 1 N–H and O–H groups in total. The van der Waals surface area contributed by atoms with Crippen molar-refractivity contribution < 1.29 is 4.39 Å². The molecule has 2 fully saturated rings. The van der Waals surface area contributed by atoms with Gasteiger partial charge in [0.1, 0.15) is 11.5 Å². The van der Waals surface area contributed by atoms with E-state index in [-0.39, 0.29) is 13.9 Å². The highest BCUT2D eigenvalue weighted by Gasteiger charge is 2.46. The van der Waals surface area contributed by atoms with Crippen LogP contribution in [0, 0.1) is 23.6 Å². The molecule has 0 amide bonds. The number of rotatable bonds is 5. The largest absolute Gasteiger partial charge is 0.250 e. The van der Waals surface area contributed by atoms with Crippen LogP contribution >= 0.6 is 19.7 Å². The highest BCUT2D eigenvalue weighted by Crippen LogP contribution is 2.59. The molecular formula is C27H28ClFN3P. The quantitative estimate of drug-likeness (QED) is 0.296. The fourth-order valence-electron chi connectivity index (χ4n) is 6.14. The third-order valence-electron chi connectivity index (χ3n) is 7.95. The lowest BCUT2D eigenvalue weighted by atomic mass is 9.94. The number of fused-ring (bicyclic) bond motifs is 2. The van der Waals surface area contributed by atoms with Crippen LogP contribution in [0.5, 0.6) is 0 Å². The van der Waals surface area contributed by atoms with E-state index >= 15 is 0 Å². The van der Waals surface area contributed by atoms with E-state index in [1.165, 1.54) is 31.7 Å². The molecule has 0 bridgehead atoms. The van der Waals surface area contributed by atoms with Crippen LogP contribution in [0.2, 0.25) is 5.02 Å². The molecule has 1 aliphatic heterocycles. The van der Waals surface area contributed by atoms with Crippen LogP contribution in [0.25, 0.3) is 22.4 Å². The topological polar surface area (TPSA) is 27.9 Å². The number of halogens is 2. The van der Waals surface area contributed by atoms with Gasteiger partial charge in [-0.15, -0.1) is 0 Å². The van der Waals surface area contributed by atoms with E-state index in [0.717, 1.165) is 40.5 Å². The van der Waals surface area contributed by atoms with Gasteiger partial charge in [-0.1, -0.05) is 67.4 Å². The Bertz CT molecular complexity index is 1200. The first-order valence-electron chi connectivity index (χ1n) is 11.9. The second-order valence-corrected chi connectivity index (χ2v) is 12.3. The van der Waals surface area contributed by atoms with Crippen LogP contribution in [0.4, 0.5) is 15.9 Å². The molecule has 5 atom stereocenters. The van der Waals surface area contributed by atoms with Crippen molar-refractivity contribution >= 4 is 31.2 Å². The summed E-state index contributed by atoms with van der Waals surface area (Å²) in [5, 5.41) is 6.38. The van der Waals surface area contributed by atoms with Crippen LogP contribution in [0.3, 0.4) is 0 Å². The second-order valence-electron chi connectivity index (χ2n) is 9.80. The summed E-state index contributed by atoms with van der Waals surface area (Å²) in [4.78, 5) is 4.79. The van der Waals surface area contributed by atoms with Gasteiger partial charge in [0.05, 0.1) is 10.7 Å². The molecule has 2 heterocycles. The molecule has 33 heavy (non-hydrogen) atoms. The normalized spacial score (nSPS) is 26.2. The zero-order valence-electron chi connectivity index (χ0n) is 18.9. The minimum Gasteiger partial charge on any atom is -0.250 e. The fourth-order valence-corrected chi connectivity index (χ4v) is 8.54. The number of nitrogens with zero attached hydrogens (tertiary/aromatic N) is 2. The van der Waals surface area contributed by atoms with Crippen molar-refractivity contribution in [1.82, 2.24) is 10.2 Å². The average Bonchev–Trinajstić information content (AvgIpc) is 3.13. The summed E-state index contributed by atoms with van der Waals surface area (Å²) in [5.74, 6) is 3.33. The standard InChI is InChI=1S/C27H28ClFN3P/c1-16-8-10-21-19(16)12-13-25(21)33(2)31-32-24-15-22(28)26(30-27(24)32)18-9-11-20(23(29)14-18)17-6-4-3-5-7-17/h3-7,9,11,14-16,19,21,25,31H,8,10,12-13H2,1-2H3. The smallest absolute Gasteiger partial charge is 0.174 e. The van der Waals surface area contributed by atoms with Gasteiger partial charge in [0.15, 0.2) is 5.82 Å². The number of aromatic nitrogens is 1. The van der Waals surface area contributed by atoms with Gasteiger partial charge < -0.3 is 0 Å². The van der Waals surface area contributed by atoms with Gasteiger partial charge in [0, 0.05) is 11.1 Å². The molecule has 3 nitrogen and oxygen atoms in total. The number of hydrogen-bond donors (Lipinski definition) is 1. The van der Waals surface area contributed by atoms with Crippen molar-refractivity contribution in [3.63, 3.8) is 0 Å². The molecule has 3 aromatic rings. The molecule has 3 aliphatic rings. The van der Waals surface area contributed by atoms with Gasteiger partial charge in [-0.25, -0.2) is 14.6 Å². The van der Waals surface area contributed by atoms with E-state index in [1.54, 1.807) is 0 Å². The molecule has 2 aliphatic carbocycles. The predicted octanol–water partition coefficient (Wildman–Crippen LogP) is 8.02. The van der Waals surface area contributed by atoms with Gasteiger partial charge >= 0.3 is 0 Å². The number of pyridine rings is 1. The van der Waals surface area contributed by atoms with Crippen molar-refractivity contribution in [2.45, 2.75) is 38.3 Å². The lowest BCUT2D eigenvalue weighted by molar-refractivity contribution is 0.378. The Labute approximate surface area is 201 Å². The minimum atomic E-state index is -0.332.